The van der Waals surface area contributed by atoms with Crippen molar-refractivity contribution in [2.75, 3.05) is 32.7 Å². The fourth-order valence-corrected chi connectivity index (χ4v) is 3.94. The number of carbonyl (C=O) groups is 3. The molecule has 1 aromatic heterocycles. The van der Waals surface area contributed by atoms with E-state index in [1.165, 1.54) is 11.2 Å². The third kappa shape index (κ3) is 4.32. The second kappa shape index (κ2) is 9.02. The van der Waals surface area contributed by atoms with Crippen molar-refractivity contribution in [3.05, 3.63) is 60.1 Å². The van der Waals surface area contributed by atoms with Gasteiger partial charge in [0.2, 0.25) is 5.91 Å². The molecule has 0 saturated carbocycles. The molecule has 8 nitrogen and oxygen atoms in total. The van der Waals surface area contributed by atoms with Crippen molar-refractivity contribution in [2.24, 2.45) is 0 Å². The normalized spacial score (nSPS) is 19.1. The summed E-state index contributed by atoms with van der Waals surface area (Å²) in [7, 11) is 0. The van der Waals surface area contributed by atoms with Gasteiger partial charge < -0.3 is 19.0 Å². The van der Waals surface area contributed by atoms with Gasteiger partial charge in [0.1, 0.15) is 12.6 Å². The van der Waals surface area contributed by atoms with E-state index in [0.29, 0.717) is 44.9 Å². The van der Waals surface area contributed by atoms with Crippen molar-refractivity contribution >= 4 is 17.9 Å². The number of hydrogen-bond donors (Lipinski definition) is 0. The van der Waals surface area contributed by atoms with Gasteiger partial charge in [0.25, 0.3) is 5.91 Å². The van der Waals surface area contributed by atoms with Crippen LogP contribution in [0.1, 0.15) is 29.0 Å². The predicted molar refractivity (Wildman–Crippen MR) is 108 cm³/mol. The molecule has 0 bridgehead atoms. The fourth-order valence-electron chi connectivity index (χ4n) is 3.94. The van der Waals surface area contributed by atoms with Crippen LogP contribution in [0.25, 0.3) is 0 Å². The number of likely N-dealkylation sites (tertiary alicyclic amines) is 1. The Morgan fingerprint density at radius 3 is 2.37 bits per heavy atom. The molecule has 2 aromatic rings. The van der Waals surface area contributed by atoms with Gasteiger partial charge in [0, 0.05) is 32.7 Å². The number of piperazine rings is 1. The molecule has 1 aromatic carbocycles. The van der Waals surface area contributed by atoms with Crippen molar-refractivity contribution in [3.8, 4) is 0 Å². The van der Waals surface area contributed by atoms with Crippen LogP contribution in [0.3, 0.4) is 0 Å². The second-order valence-corrected chi connectivity index (χ2v) is 7.49. The lowest BCUT2D eigenvalue weighted by molar-refractivity contribution is -0.137. The first-order valence-electron chi connectivity index (χ1n) is 10.2. The lowest BCUT2D eigenvalue weighted by Gasteiger charge is -2.36. The first kappa shape index (κ1) is 20.0. The minimum Gasteiger partial charge on any atom is -0.459 e. The van der Waals surface area contributed by atoms with Gasteiger partial charge in [-0.15, -0.1) is 0 Å². The Balaban J connectivity index is 1.30. The molecular weight excluding hydrogens is 386 g/mol. The molecule has 0 spiro atoms. The van der Waals surface area contributed by atoms with Crippen molar-refractivity contribution in [3.63, 3.8) is 0 Å². The van der Waals surface area contributed by atoms with Gasteiger partial charge in [-0.2, -0.15) is 0 Å². The summed E-state index contributed by atoms with van der Waals surface area (Å²) in [5.74, 6) is 0.0613. The highest BCUT2D eigenvalue weighted by atomic mass is 16.6. The average Bonchev–Trinajstić information content (AvgIpc) is 3.50. The van der Waals surface area contributed by atoms with Crippen LogP contribution in [0.15, 0.2) is 53.1 Å². The Morgan fingerprint density at radius 1 is 0.933 bits per heavy atom. The average molecular weight is 411 g/mol. The number of rotatable bonds is 4. The van der Waals surface area contributed by atoms with Crippen LogP contribution in [0.4, 0.5) is 4.79 Å². The molecule has 2 aliphatic rings. The van der Waals surface area contributed by atoms with Crippen molar-refractivity contribution in [1.29, 1.82) is 0 Å². The number of nitrogens with zero attached hydrogens (tertiary/aromatic N) is 3. The van der Waals surface area contributed by atoms with Crippen LogP contribution < -0.4 is 0 Å². The molecule has 3 amide bonds. The van der Waals surface area contributed by atoms with E-state index in [0.717, 1.165) is 12.0 Å². The smallest absolute Gasteiger partial charge is 0.410 e. The van der Waals surface area contributed by atoms with E-state index in [9.17, 15) is 14.4 Å². The van der Waals surface area contributed by atoms with E-state index in [1.807, 2.05) is 30.3 Å². The number of furan rings is 1. The van der Waals surface area contributed by atoms with Crippen LogP contribution in [0.5, 0.6) is 0 Å². The van der Waals surface area contributed by atoms with Gasteiger partial charge in [-0.1, -0.05) is 30.3 Å². The van der Waals surface area contributed by atoms with E-state index in [4.69, 9.17) is 9.15 Å². The Bertz CT molecular complexity index is 875. The minimum absolute atomic E-state index is 0.0748. The standard InChI is InChI=1S/C22H25N3O5/c26-20(23-11-13-24(14-12-23)21(27)19-9-5-15-29-19)18-8-4-10-25(18)22(28)30-16-17-6-2-1-3-7-17/h1-3,5-7,9,15,18H,4,8,10-14,16H2. The highest BCUT2D eigenvalue weighted by Crippen LogP contribution is 2.22. The van der Waals surface area contributed by atoms with Crippen LogP contribution in [0, 0.1) is 0 Å². The first-order valence-corrected chi connectivity index (χ1v) is 10.2. The summed E-state index contributed by atoms with van der Waals surface area (Å²) in [6.45, 7) is 2.46. The maximum absolute atomic E-state index is 13.0. The molecule has 2 fully saturated rings. The van der Waals surface area contributed by atoms with Gasteiger partial charge in [-0.25, -0.2) is 4.79 Å². The van der Waals surface area contributed by atoms with Crippen molar-refractivity contribution in [2.45, 2.75) is 25.5 Å². The van der Waals surface area contributed by atoms with E-state index in [1.54, 1.807) is 21.9 Å². The lowest BCUT2D eigenvalue weighted by Crippen LogP contribution is -2.55. The Labute approximate surface area is 175 Å². The van der Waals surface area contributed by atoms with Crippen LogP contribution in [-0.2, 0) is 16.1 Å². The SMILES string of the molecule is O=C(c1ccco1)N1CCN(C(=O)C2CCCN2C(=O)OCc2ccccc2)CC1. The molecule has 2 saturated heterocycles. The topological polar surface area (TPSA) is 83.3 Å². The van der Waals surface area contributed by atoms with Gasteiger partial charge in [-0.05, 0) is 30.5 Å². The molecule has 0 radical (unpaired) electrons. The third-order valence-electron chi connectivity index (χ3n) is 5.59. The van der Waals surface area contributed by atoms with Crippen molar-refractivity contribution in [1.82, 2.24) is 14.7 Å². The number of hydrogen-bond acceptors (Lipinski definition) is 5. The quantitative estimate of drug-likeness (QED) is 0.771. The van der Waals surface area contributed by atoms with Gasteiger partial charge in [0.15, 0.2) is 5.76 Å². The zero-order chi connectivity index (χ0) is 20.9. The summed E-state index contributed by atoms with van der Waals surface area (Å²) in [4.78, 5) is 42.9. The molecule has 3 heterocycles. The monoisotopic (exact) mass is 411 g/mol. The highest BCUT2D eigenvalue weighted by molar-refractivity contribution is 5.92. The Morgan fingerprint density at radius 2 is 1.67 bits per heavy atom. The molecule has 0 N–H and O–H groups in total. The van der Waals surface area contributed by atoms with Crippen molar-refractivity contribution < 1.29 is 23.5 Å². The number of benzene rings is 1. The maximum atomic E-state index is 13.0. The molecule has 1 atom stereocenters. The predicted octanol–water partition coefficient (Wildman–Crippen LogP) is 2.37. The van der Waals surface area contributed by atoms with Crippen LogP contribution in [-0.4, -0.2) is 71.4 Å². The van der Waals surface area contributed by atoms with E-state index in [2.05, 4.69) is 0 Å². The third-order valence-corrected chi connectivity index (χ3v) is 5.59. The number of carbonyl (C=O) groups excluding carboxylic acids is 3. The Hall–Kier alpha value is -3.29. The van der Waals surface area contributed by atoms with E-state index < -0.39 is 12.1 Å². The highest BCUT2D eigenvalue weighted by Gasteiger charge is 2.38. The molecule has 8 heteroatoms. The zero-order valence-corrected chi connectivity index (χ0v) is 16.7. The second-order valence-electron chi connectivity index (χ2n) is 7.49. The summed E-state index contributed by atoms with van der Waals surface area (Å²) < 4.78 is 10.6. The summed E-state index contributed by atoms with van der Waals surface area (Å²) in [6.07, 6.45) is 2.42. The molecule has 158 valence electrons. The van der Waals surface area contributed by atoms with E-state index in [-0.39, 0.29) is 18.4 Å². The lowest BCUT2D eigenvalue weighted by atomic mass is 10.1. The minimum atomic E-state index is -0.499. The molecule has 2 aliphatic heterocycles. The van der Waals surface area contributed by atoms with Gasteiger partial charge in [-0.3, -0.25) is 14.5 Å². The van der Waals surface area contributed by atoms with E-state index >= 15 is 0 Å². The summed E-state index contributed by atoms with van der Waals surface area (Å²) in [5.41, 5.74) is 0.908. The van der Waals surface area contributed by atoms with Gasteiger partial charge >= 0.3 is 6.09 Å². The maximum Gasteiger partial charge on any atom is 0.410 e. The number of ether oxygens (including phenoxy) is 1. The fraction of sp³-hybridized carbons (Fsp3) is 0.409. The Kier molecular flexibility index (Phi) is 6.02. The first-order chi connectivity index (χ1) is 14.6. The summed E-state index contributed by atoms with van der Waals surface area (Å²) in [5, 5.41) is 0. The van der Waals surface area contributed by atoms with Crippen LogP contribution >= 0.6 is 0 Å². The molecule has 4 rings (SSSR count). The molecule has 0 aliphatic carbocycles. The zero-order valence-electron chi connectivity index (χ0n) is 16.7. The molecule has 1 unspecified atom stereocenters. The van der Waals surface area contributed by atoms with Gasteiger partial charge in [0.05, 0.1) is 6.26 Å². The van der Waals surface area contributed by atoms with Crippen LogP contribution in [0.2, 0.25) is 0 Å². The summed E-state index contributed by atoms with van der Waals surface area (Å²) >= 11 is 0. The molecule has 30 heavy (non-hydrogen) atoms. The summed E-state index contributed by atoms with van der Waals surface area (Å²) in [6, 6.07) is 12.3. The molecular formula is C22H25N3O5. The largest absolute Gasteiger partial charge is 0.459 e. The number of amides is 3.